The molecule has 4 N–H and O–H groups in total. The van der Waals surface area contributed by atoms with Crippen LogP contribution in [0.1, 0.15) is 20.8 Å². The summed E-state index contributed by atoms with van der Waals surface area (Å²) in [5, 5.41) is 5.86. The molecule has 0 aliphatic carbocycles. The molecule has 0 aliphatic rings. The molecule has 1 amide bonds. The van der Waals surface area contributed by atoms with Crippen LogP contribution in [0, 0.1) is 0 Å². The van der Waals surface area contributed by atoms with Crippen LogP contribution in [-0.4, -0.2) is 25.1 Å². The lowest BCUT2D eigenvalue weighted by molar-refractivity contribution is -0.121. The zero-order valence-corrected chi connectivity index (χ0v) is 11.1. The number of likely N-dealkylation sites (N-methyl/N-ethyl adjacent to an activating group) is 1. The van der Waals surface area contributed by atoms with E-state index < -0.39 is 0 Å². The third kappa shape index (κ3) is 3.84. The van der Waals surface area contributed by atoms with Gasteiger partial charge in [-0.05, 0) is 32.9 Å². The van der Waals surface area contributed by atoms with Gasteiger partial charge in [-0.25, -0.2) is 0 Å². The number of hydrogen-bond donors (Lipinski definition) is 3. The molecule has 1 rings (SSSR count). The number of hydrogen-bond acceptors (Lipinski definition) is 4. The van der Waals surface area contributed by atoms with E-state index in [4.69, 9.17) is 10.5 Å². The number of nitrogens with two attached hydrogens (primary N) is 1. The highest BCUT2D eigenvalue weighted by Gasteiger charge is 2.12. The number of amides is 1. The maximum absolute atomic E-state index is 11.6. The number of ether oxygens (including phenoxy) is 1. The van der Waals surface area contributed by atoms with Crippen LogP contribution in [0.2, 0.25) is 0 Å². The first-order chi connectivity index (χ1) is 8.58. The Balaban J connectivity index is 2.72. The minimum absolute atomic E-state index is 0.0349. The Morgan fingerprint density at radius 3 is 2.78 bits per heavy atom. The van der Waals surface area contributed by atoms with Gasteiger partial charge in [0.1, 0.15) is 11.8 Å². The normalized spacial score (nSPS) is 11.7. The van der Waals surface area contributed by atoms with Crippen LogP contribution in [-0.2, 0) is 4.79 Å². The first-order valence-corrected chi connectivity index (χ1v) is 6.15. The Hall–Kier alpha value is -1.91. The van der Waals surface area contributed by atoms with Crippen molar-refractivity contribution in [3.8, 4) is 5.75 Å². The van der Waals surface area contributed by atoms with Crippen LogP contribution >= 0.6 is 0 Å². The summed E-state index contributed by atoms with van der Waals surface area (Å²) < 4.78 is 5.40. The highest BCUT2D eigenvalue weighted by molar-refractivity contribution is 5.84. The molecule has 0 saturated heterocycles. The Morgan fingerprint density at radius 1 is 1.44 bits per heavy atom. The summed E-state index contributed by atoms with van der Waals surface area (Å²) in [6.45, 7) is 6.77. The van der Waals surface area contributed by atoms with E-state index in [1.54, 1.807) is 12.1 Å². The number of anilines is 2. The number of nitrogens with one attached hydrogen (secondary N) is 2. The molecule has 0 aliphatic heterocycles. The van der Waals surface area contributed by atoms with Gasteiger partial charge in [-0.15, -0.1) is 0 Å². The largest absolute Gasteiger partial charge is 0.492 e. The summed E-state index contributed by atoms with van der Waals surface area (Å²) in [5.74, 6) is 0.595. The van der Waals surface area contributed by atoms with Crippen molar-refractivity contribution < 1.29 is 9.53 Å². The van der Waals surface area contributed by atoms with Crippen molar-refractivity contribution in [1.82, 2.24) is 5.32 Å². The second kappa shape index (κ2) is 6.74. The lowest BCUT2D eigenvalue weighted by Gasteiger charge is -2.16. The van der Waals surface area contributed by atoms with Crippen LogP contribution in [0.5, 0.6) is 5.75 Å². The Bertz CT molecular complexity index is 407. The predicted molar refractivity (Wildman–Crippen MR) is 73.8 cm³/mol. The van der Waals surface area contributed by atoms with Crippen molar-refractivity contribution in [3.05, 3.63) is 18.2 Å². The molecule has 0 heterocycles. The summed E-state index contributed by atoms with van der Waals surface area (Å²) in [6.07, 6.45) is 0. The van der Waals surface area contributed by atoms with Gasteiger partial charge in [-0.3, -0.25) is 4.79 Å². The average Bonchev–Trinajstić information content (AvgIpc) is 2.34. The van der Waals surface area contributed by atoms with E-state index in [1.165, 1.54) is 0 Å². The van der Waals surface area contributed by atoms with E-state index in [2.05, 4.69) is 10.6 Å². The van der Waals surface area contributed by atoms with Crippen molar-refractivity contribution in [2.75, 3.05) is 24.2 Å². The van der Waals surface area contributed by atoms with Crippen LogP contribution in [0.3, 0.4) is 0 Å². The van der Waals surface area contributed by atoms with E-state index >= 15 is 0 Å². The van der Waals surface area contributed by atoms with Crippen molar-refractivity contribution in [3.63, 3.8) is 0 Å². The van der Waals surface area contributed by atoms with Crippen molar-refractivity contribution in [2.24, 2.45) is 0 Å². The van der Waals surface area contributed by atoms with Crippen molar-refractivity contribution in [1.29, 1.82) is 0 Å². The number of rotatable bonds is 6. The summed E-state index contributed by atoms with van der Waals surface area (Å²) in [6, 6.07) is 5.09. The highest BCUT2D eigenvalue weighted by Crippen LogP contribution is 2.25. The molecule has 5 nitrogen and oxygen atoms in total. The van der Waals surface area contributed by atoms with Gasteiger partial charge in [0.05, 0.1) is 12.3 Å². The molecule has 0 aromatic heterocycles. The average molecular weight is 251 g/mol. The minimum atomic E-state index is -0.303. The zero-order chi connectivity index (χ0) is 13.5. The molecule has 0 radical (unpaired) electrons. The first kappa shape index (κ1) is 14.2. The SMILES string of the molecule is CCNC(=O)C(C)Nc1ccc(N)c(OCC)c1. The summed E-state index contributed by atoms with van der Waals surface area (Å²) in [7, 11) is 0. The summed E-state index contributed by atoms with van der Waals surface area (Å²) in [5.41, 5.74) is 7.18. The van der Waals surface area contributed by atoms with Crippen LogP contribution < -0.4 is 21.1 Å². The lowest BCUT2D eigenvalue weighted by atomic mass is 10.2. The van der Waals surface area contributed by atoms with Crippen molar-refractivity contribution >= 4 is 17.3 Å². The third-order valence-electron chi connectivity index (χ3n) is 2.44. The molecule has 5 heteroatoms. The second-order valence-corrected chi connectivity index (χ2v) is 3.95. The van der Waals surface area contributed by atoms with E-state index in [9.17, 15) is 4.79 Å². The second-order valence-electron chi connectivity index (χ2n) is 3.95. The lowest BCUT2D eigenvalue weighted by Crippen LogP contribution is -2.37. The molecule has 0 bridgehead atoms. The first-order valence-electron chi connectivity index (χ1n) is 6.15. The van der Waals surface area contributed by atoms with Gasteiger partial charge in [0.2, 0.25) is 5.91 Å². The zero-order valence-electron chi connectivity index (χ0n) is 11.1. The molecule has 18 heavy (non-hydrogen) atoms. The highest BCUT2D eigenvalue weighted by atomic mass is 16.5. The Labute approximate surface area is 108 Å². The van der Waals surface area contributed by atoms with E-state index in [0.29, 0.717) is 24.6 Å². The third-order valence-corrected chi connectivity index (χ3v) is 2.44. The van der Waals surface area contributed by atoms with Gasteiger partial charge in [0.25, 0.3) is 0 Å². The maximum Gasteiger partial charge on any atom is 0.242 e. The van der Waals surface area contributed by atoms with E-state index in [0.717, 1.165) is 5.69 Å². The molecule has 1 unspecified atom stereocenters. The number of benzene rings is 1. The Kier molecular flexibility index (Phi) is 5.30. The standard InChI is InChI=1S/C13H21N3O2/c1-4-15-13(17)9(3)16-10-6-7-11(14)12(8-10)18-5-2/h6-9,16H,4-5,14H2,1-3H3,(H,15,17). The van der Waals surface area contributed by atoms with E-state index in [-0.39, 0.29) is 11.9 Å². The predicted octanol–water partition coefficient (Wildman–Crippen LogP) is 1.60. The van der Waals surface area contributed by atoms with Gasteiger partial charge < -0.3 is 21.1 Å². The molecule has 0 saturated carbocycles. The van der Waals surface area contributed by atoms with Gasteiger partial charge in [-0.1, -0.05) is 0 Å². The molecule has 1 aromatic carbocycles. The molecular formula is C13H21N3O2. The summed E-state index contributed by atoms with van der Waals surface area (Å²) in [4.78, 5) is 11.6. The molecular weight excluding hydrogens is 230 g/mol. The van der Waals surface area contributed by atoms with Gasteiger partial charge in [-0.2, -0.15) is 0 Å². The fourth-order valence-corrected chi connectivity index (χ4v) is 1.55. The monoisotopic (exact) mass is 251 g/mol. The summed E-state index contributed by atoms with van der Waals surface area (Å²) >= 11 is 0. The topological polar surface area (TPSA) is 76.4 Å². The number of carbonyl (C=O) groups excluding carboxylic acids is 1. The minimum Gasteiger partial charge on any atom is -0.492 e. The molecule has 100 valence electrons. The van der Waals surface area contributed by atoms with Crippen LogP contribution in [0.25, 0.3) is 0 Å². The van der Waals surface area contributed by atoms with Crippen LogP contribution in [0.4, 0.5) is 11.4 Å². The van der Waals surface area contributed by atoms with E-state index in [1.807, 2.05) is 26.8 Å². The molecule has 0 spiro atoms. The molecule has 1 aromatic rings. The van der Waals surface area contributed by atoms with Gasteiger partial charge in [0.15, 0.2) is 0 Å². The smallest absolute Gasteiger partial charge is 0.242 e. The van der Waals surface area contributed by atoms with Crippen LogP contribution in [0.15, 0.2) is 18.2 Å². The number of carbonyl (C=O) groups is 1. The molecule has 0 fully saturated rings. The van der Waals surface area contributed by atoms with Gasteiger partial charge >= 0.3 is 0 Å². The molecule has 1 atom stereocenters. The van der Waals surface area contributed by atoms with Crippen molar-refractivity contribution in [2.45, 2.75) is 26.8 Å². The maximum atomic E-state index is 11.6. The Morgan fingerprint density at radius 2 is 2.17 bits per heavy atom. The number of nitrogen functional groups attached to an aromatic ring is 1. The quantitative estimate of drug-likeness (QED) is 0.671. The fraction of sp³-hybridized carbons (Fsp3) is 0.462. The fourth-order valence-electron chi connectivity index (χ4n) is 1.55. The van der Waals surface area contributed by atoms with Gasteiger partial charge in [0, 0.05) is 18.3 Å².